The van der Waals surface area contributed by atoms with Crippen LogP contribution < -0.4 is 11.1 Å². The number of benzene rings is 1. The van der Waals surface area contributed by atoms with E-state index in [1.165, 1.54) is 6.20 Å². The predicted octanol–water partition coefficient (Wildman–Crippen LogP) is 3.35. The number of nitrogen functional groups attached to an aromatic ring is 1. The number of nitrogens with two attached hydrogens (primary N) is 1. The van der Waals surface area contributed by atoms with Gasteiger partial charge >= 0.3 is 6.18 Å². The highest BCUT2D eigenvalue weighted by Gasteiger charge is 2.31. The van der Waals surface area contributed by atoms with E-state index in [4.69, 9.17) is 22.6 Å². The van der Waals surface area contributed by atoms with E-state index in [-0.39, 0.29) is 28.0 Å². The van der Waals surface area contributed by atoms with Crippen molar-refractivity contribution in [2.75, 3.05) is 11.1 Å². The molecule has 108 valence electrons. The van der Waals surface area contributed by atoms with Crippen LogP contribution in [0.3, 0.4) is 0 Å². The van der Waals surface area contributed by atoms with Crippen LogP contribution in [0, 0.1) is 11.3 Å². The second-order valence-corrected chi connectivity index (χ2v) is 4.33. The molecule has 1 heterocycles. The van der Waals surface area contributed by atoms with Crippen molar-refractivity contribution in [2.24, 2.45) is 0 Å². The first-order valence-electron chi connectivity index (χ1n) is 5.47. The van der Waals surface area contributed by atoms with Gasteiger partial charge in [-0.25, -0.2) is 4.98 Å². The lowest BCUT2D eigenvalue weighted by atomic mass is 10.1. The average Bonchev–Trinajstić information content (AvgIpc) is 2.42. The summed E-state index contributed by atoms with van der Waals surface area (Å²) in [7, 11) is 0. The number of rotatable bonds is 2. The van der Waals surface area contributed by atoms with Crippen LogP contribution in [0.5, 0.6) is 0 Å². The number of hydrogen-bond acceptors (Lipinski definition) is 5. The third-order valence-corrected chi connectivity index (χ3v) is 2.76. The van der Waals surface area contributed by atoms with E-state index < -0.39 is 11.7 Å². The van der Waals surface area contributed by atoms with E-state index in [1.807, 2.05) is 0 Å². The molecular formula is C12H7ClF3N5. The molecule has 0 aliphatic heterocycles. The smallest absolute Gasteiger partial charge is 0.368 e. The van der Waals surface area contributed by atoms with Gasteiger partial charge in [0.05, 0.1) is 23.0 Å². The minimum absolute atomic E-state index is 0.0627. The second kappa shape index (κ2) is 5.46. The molecule has 0 amide bonds. The Balaban J connectivity index is 2.41. The van der Waals surface area contributed by atoms with E-state index in [0.29, 0.717) is 0 Å². The molecule has 3 N–H and O–H groups in total. The monoisotopic (exact) mass is 313 g/mol. The predicted molar refractivity (Wildman–Crippen MR) is 70.9 cm³/mol. The first-order chi connectivity index (χ1) is 9.81. The van der Waals surface area contributed by atoms with Crippen LogP contribution in [0.1, 0.15) is 11.1 Å². The van der Waals surface area contributed by atoms with Gasteiger partial charge in [0.15, 0.2) is 5.82 Å². The number of anilines is 3. The fraction of sp³-hybridized carbons (Fsp3) is 0.0833. The second-order valence-electron chi connectivity index (χ2n) is 3.92. The summed E-state index contributed by atoms with van der Waals surface area (Å²) in [5.74, 6) is 0.0349. The highest BCUT2D eigenvalue weighted by Crippen LogP contribution is 2.33. The molecule has 0 saturated carbocycles. The molecule has 1 aromatic carbocycles. The number of nitrogens with zero attached hydrogens (tertiary/aromatic N) is 3. The molecule has 0 spiro atoms. The largest absolute Gasteiger partial charge is 0.416 e. The first-order valence-corrected chi connectivity index (χ1v) is 5.85. The molecule has 0 saturated heterocycles. The van der Waals surface area contributed by atoms with Gasteiger partial charge in [-0.2, -0.15) is 23.4 Å². The Labute approximate surface area is 122 Å². The van der Waals surface area contributed by atoms with E-state index in [1.54, 1.807) is 6.07 Å². The summed E-state index contributed by atoms with van der Waals surface area (Å²) in [6, 6.07) is 4.39. The van der Waals surface area contributed by atoms with E-state index in [9.17, 15) is 13.2 Å². The molecule has 0 bridgehead atoms. The molecule has 0 radical (unpaired) electrons. The van der Waals surface area contributed by atoms with Gasteiger partial charge in [-0.05, 0) is 18.2 Å². The SMILES string of the molecule is N#Cc1cc(C(F)(F)F)ccc1Nc1nc(N)ncc1Cl. The minimum Gasteiger partial charge on any atom is -0.368 e. The zero-order valence-corrected chi connectivity index (χ0v) is 11.0. The Morgan fingerprint density at radius 2 is 2.05 bits per heavy atom. The van der Waals surface area contributed by atoms with Gasteiger partial charge in [0.25, 0.3) is 0 Å². The van der Waals surface area contributed by atoms with Crippen molar-refractivity contribution in [3.63, 3.8) is 0 Å². The zero-order valence-electron chi connectivity index (χ0n) is 10.2. The summed E-state index contributed by atoms with van der Waals surface area (Å²) < 4.78 is 37.8. The zero-order chi connectivity index (χ0) is 15.6. The molecule has 21 heavy (non-hydrogen) atoms. The first kappa shape index (κ1) is 14.9. The summed E-state index contributed by atoms with van der Waals surface area (Å²) in [5, 5.41) is 11.7. The Hall–Kier alpha value is -2.53. The molecule has 1 aromatic heterocycles. The molecule has 0 aliphatic carbocycles. The number of nitrogens with one attached hydrogen (secondary N) is 1. The van der Waals surface area contributed by atoms with Crippen LogP contribution in [0.4, 0.5) is 30.6 Å². The summed E-state index contributed by atoms with van der Waals surface area (Å²) in [5.41, 5.74) is 4.41. The lowest BCUT2D eigenvalue weighted by molar-refractivity contribution is -0.137. The van der Waals surface area contributed by atoms with Crippen LogP contribution in [-0.2, 0) is 6.18 Å². The van der Waals surface area contributed by atoms with Crippen LogP contribution in [0.25, 0.3) is 0 Å². The average molecular weight is 314 g/mol. The van der Waals surface area contributed by atoms with E-state index in [0.717, 1.165) is 18.2 Å². The number of halogens is 4. The van der Waals surface area contributed by atoms with Crippen LogP contribution in [-0.4, -0.2) is 9.97 Å². The fourth-order valence-corrected chi connectivity index (χ4v) is 1.66. The Morgan fingerprint density at radius 1 is 1.33 bits per heavy atom. The maximum Gasteiger partial charge on any atom is 0.416 e. The van der Waals surface area contributed by atoms with Crippen LogP contribution >= 0.6 is 11.6 Å². The quantitative estimate of drug-likeness (QED) is 0.887. The summed E-state index contributed by atoms with van der Waals surface area (Å²) in [6.45, 7) is 0. The molecule has 2 rings (SSSR count). The topological polar surface area (TPSA) is 87.6 Å². The number of aromatic nitrogens is 2. The van der Waals surface area contributed by atoms with E-state index >= 15 is 0 Å². The number of alkyl halides is 3. The van der Waals surface area contributed by atoms with Gasteiger partial charge in [-0.15, -0.1) is 0 Å². The van der Waals surface area contributed by atoms with Crippen molar-refractivity contribution in [3.8, 4) is 6.07 Å². The molecule has 2 aromatic rings. The highest BCUT2D eigenvalue weighted by atomic mass is 35.5. The third-order valence-electron chi connectivity index (χ3n) is 2.48. The van der Waals surface area contributed by atoms with Crippen molar-refractivity contribution < 1.29 is 13.2 Å². The third kappa shape index (κ3) is 3.32. The Morgan fingerprint density at radius 3 is 2.67 bits per heavy atom. The molecule has 0 atom stereocenters. The van der Waals surface area contributed by atoms with Gasteiger partial charge < -0.3 is 11.1 Å². The van der Waals surface area contributed by atoms with Gasteiger partial charge in [0.1, 0.15) is 11.1 Å². The fourth-order valence-electron chi connectivity index (χ4n) is 1.52. The molecule has 0 fully saturated rings. The van der Waals surface area contributed by atoms with Crippen LogP contribution in [0.2, 0.25) is 5.02 Å². The minimum atomic E-state index is -4.53. The standard InChI is InChI=1S/C12H7ClF3N5/c13-8-5-19-11(18)21-10(8)20-9-2-1-7(12(14,15)16)3-6(9)4-17/h1-3,5H,(H3,18,19,20,21). The summed E-state index contributed by atoms with van der Waals surface area (Å²) in [6.07, 6.45) is -3.29. The highest BCUT2D eigenvalue weighted by molar-refractivity contribution is 6.32. The molecule has 0 aliphatic rings. The van der Waals surface area contributed by atoms with E-state index in [2.05, 4.69) is 15.3 Å². The molecule has 9 heteroatoms. The van der Waals surface area contributed by atoms with Crippen molar-refractivity contribution in [1.82, 2.24) is 9.97 Å². The van der Waals surface area contributed by atoms with Crippen molar-refractivity contribution in [2.45, 2.75) is 6.18 Å². The van der Waals surface area contributed by atoms with Gasteiger partial charge in [-0.3, -0.25) is 0 Å². The van der Waals surface area contributed by atoms with Crippen molar-refractivity contribution in [3.05, 3.63) is 40.5 Å². The summed E-state index contributed by atoms with van der Waals surface area (Å²) >= 11 is 5.84. The normalized spacial score (nSPS) is 11.0. The lowest BCUT2D eigenvalue weighted by Crippen LogP contribution is -2.07. The van der Waals surface area contributed by atoms with Gasteiger partial charge in [0.2, 0.25) is 5.95 Å². The molecular weight excluding hydrogens is 307 g/mol. The van der Waals surface area contributed by atoms with Crippen molar-refractivity contribution in [1.29, 1.82) is 5.26 Å². The summed E-state index contributed by atoms with van der Waals surface area (Å²) in [4.78, 5) is 7.46. The Bertz CT molecular complexity index is 724. The maximum atomic E-state index is 12.6. The lowest BCUT2D eigenvalue weighted by Gasteiger charge is -2.12. The van der Waals surface area contributed by atoms with Gasteiger partial charge in [-0.1, -0.05) is 11.6 Å². The number of hydrogen-bond donors (Lipinski definition) is 2. The number of nitriles is 1. The molecule has 0 unspecified atom stereocenters. The molecule has 5 nitrogen and oxygen atoms in total. The van der Waals surface area contributed by atoms with Crippen molar-refractivity contribution >= 4 is 29.1 Å². The van der Waals surface area contributed by atoms with Gasteiger partial charge in [0, 0.05) is 0 Å². The maximum absolute atomic E-state index is 12.6. The van der Waals surface area contributed by atoms with Crippen LogP contribution in [0.15, 0.2) is 24.4 Å². The Kier molecular flexibility index (Phi) is 3.86.